The van der Waals surface area contributed by atoms with Crippen molar-refractivity contribution in [2.45, 2.75) is 6.92 Å². The van der Waals surface area contributed by atoms with Gasteiger partial charge < -0.3 is 14.4 Å². The highest BCUT2D eigenvalue weighted by molar-refractivity contribution is 5.98. The van der Waals surface area contributed by atoms with Crippen molar-refractivity contribution in [3.05, 3.63) is 59.2 Å². The maximum absolute atomic E-state index is 12.7. The van der Waals surface area contributed by atoms with Crippen molar-refractivity contribution in [2.75, 3.05) is 46.9 Å². The Morgan fingerprint density at radius 1 is 0.929 bits per heavy atom. The van der Waals surface area contributed by atoms with E-state index in [0.29, 0.717) is 49.8 Å². The third-order valence-electron chi connectivity index (χ3n) is 5.11. The first-order chi connectivity index (χ1) is 13.5. The molecule has 1 aliphatic rings. The highest BCUT2D eigenvalue weighted by Gasteiger charge is 2.24. The second kappa shape index (κ2) is 8.89. The maximum atomic E-state index is 12.7. The van der Waals surface area contributed by atoms with E-state index in [1.165, 1.54) is 0 Å². The molecule has 1 aliphatic heterocycles. The molecular formula is C22H26N2O4. The van der Waals surface area contributed by atoms with Crippen LogP contribution >= 0.6 is 0 Å². The Labute approximate surface area is 165 Å². The smallest absolute Gasteiger partial charge is 0.254 e. The lowest BCUT2D eigenvalue weighted by molar-refractivity contribution is 0.0623. The van der Waals surface area contributed by atoms with Crippen molar-refractivity contribution in [2.24, 2.45) is 0 Å². The Bertz CT molecular complexity index is 857. The molecule has 28 heavy (non-hydrogen) atoms. The minimum atomic E-state index is 0.0274. The average molecular weight is 382 g/mol. The standard InChI is InChI=1S/C22H26N2O4/c1-16-6-4-5-7-18(16)22(26)24-12-10-23(11-13-24)15-19(25)17-8-9-20(27-2)21(14-17)28-3/h4-9,14H,10-13,15H2,1-3H3. The summed E-state index contributed by atoms with van der Waals surface area (Å²) in [6.07, 6.45) is 0. The molecule has 0 aliphatic carbocycles. The Morgan fingerprint density at radius 3 is 2.25 bits per heavy atom. The number of piperazine rings is 1. The van der Waals surface area contributed by atoms with E-state index in [0.717, 1.165) is 11.1 Å². The minimum absolute atomic E-state index is 0.0274. The fraction of sp³-hybridized carbons (Fsp3) is 0.364. The second-order valence-electron chi connectivity index (χ2n) is 6.88. The first-order valence-electron chi connectivity index (χ1n) is 9.36. The van der Waals surface area contributed by atoms with Crippen molar-refractivity contribution in [1.82, 2.24) is 9.80 Å². The fourth-order valence-electron chi connectivity index (χ4n) is 3.40. The van der Waals surface area contributed by atoms with Crippen LogP contribution < -0.4 is 9.47 Å². The van der Waals surface area contributed by atoms with Gasteiger partial charge in [-0.3, -0.25) is 14.5 Å². The molecule has 2 aromatic rings. The molecule has 0 spiro atoms. The molecule has 1 saturated heterocycles. The molecule has 0 unspecified atom stereocenters. The molecule has 0 atom stereocenters. The molecule has 0 bridgehead atoms. The van der Waals surface area contributed by atoms with Gasteiger partial charge in [-0.2, -0.15) is 0 Å². The second-order valence-corrected chi connectivity index (χ2v) is 6.88. The number of hydrogen-bond acceptors (Lipinski definition) is 5. The van der Waals surface area contributed by atoms with E-state index < -0.39 is 0 Å². The Kier molecular flexibility index (Phi) is 6.31. The van der Waals surface area contributed by atoms with Crippen LogP contribution in [0.4, 0.5) is 0 Å². The van der Waals surface area contributed by atoms with Crippen molar-refractivity contribution in [3.63, 3.8) is 0 Å². The van der Waals surface area contributed by atoms with Crippen LogP contribution in [0.25, 0.3) is 0 Å². The van der Waals surface area contributed by atoms with E-state index in [-0.39, 0.29) is 11.7 Å². The van der Waals surface area contributed by atoms with Gasteiger partial charge in [0.25, 0.3) is 5.91 Å². The number of hydrogen-bond donors (Lipinski definition) is 0. The van der Waals surface area contributed by atoms with Gasteiger partial charge in [-0.15, -0.1) is 0 Å². The van der Waals surface area contributed by atoms with Crippen molar-refractivity contribution in [3.8, 4) is 11.5 Å². The van der Waals surface area contributed by atoms with E-state index in [9.17, 15) is 9.59 Å². The summed E-state index contributed by atoms with van der Waals surface area (Å²) >= 11 is 0. The number of carbonyl (C=O) groups is 2. The molecular weight excluding hydrogens is 356 g/mol. The molecule has 3 rings (SSSR count). The number of nitrogens with zero attached hydrogens (tertiary/aromatic N) is 2. The molecule has 6 nitrogen and oxygen atoms in total. The van der Waals surface area contributed by atoms with E-state index >= 15 is 0 Å². The summed E-state index contributed by atoms with van der Waals surface area (Å²) in [6.45, 7) is 4.86. The lowest BCUT2D eigenvalue weighted by atomic mass is 10.1. The molecule has 148 valence electrons. The average Bonchev–Trinajstić information content (AvgIpc) is 2.73. The number of aryl methyl sites for hydroxylation is 1. The molecule has 0 radical (unpaired) electrons. The highest BCUT2D eigenvalue weighted by Crippen LogP contribution is 2.27. The van der Waals surface area contributed by atoms with Crippen LogP contribution in [-0.4, -0.2) is 68.4 Å². The van der Waals surface area contributed by atoms with Gasteiger partial charge in [-0.25, -0.2) is 0 Å². The molecule has 0 aromatic heterocycles. The number of ketones is 1. The van der Waals surface area contributed by atoms with E-state index in [4.69, 9.17) is 9.47 Å². The fourth-order valence-corrected chi connectivity index (χ4v) is 3.40. The first-order valence-corrected chi connectivity index (χ1v) is 9.36. The summed E-state index contributed by atoms with van der Waals surface area (Å²) in [5.74, 6) is 1.23. The topological polar surface area (TPSA) is 59.1 Å². The largest absolute Gasteiger partial charge is 0.493 e. The summed E-state index contributed by atoms with van der Waals surface area (Å²) in [4.78, 5) is 29.3. The SMILES string of the molecule is COc1ccc(C(=O)CN2CCN(C(=O)c3ccccc3C)CC2)cc1OC. The Balaban J connectivity index is 1.58. The van der Waals surface area contributed by atoms with Crippen LogP contribution in [0, 0.1) is 6.92 Å². The number of ether oxygens (including phenoxy) is 2. The Hall–Kier alpha value is -2.86. The van der Waals surface area contributed by atoms with Gasteiger partial charge in [0.1, 0.15) is 0 Å². The maximum Gasteiger partial charge on any atom is 0.254 e. The van der Waals surface area contributed by atoms with E-state index in [1.807, 2.05) is 36.1 Å². The van der Waals surface area contributed by atoms with E-state index in [2.05, 4.69) is 4.90 Å². The van der Waals surface area contributed by atoms with Crippen LogP contribution in [0.3, 0.4) is 0 Å². The first kappa shape index (κ1) is 19.9. The monoisotopic (exact) mass is 382 g/mol. The van der Waals surface area contributed by atoms with Crippen LogP contribution in [0.5, 0.6) is 11.5 Å². The van der Waals surface area contributed by atoms with Crippen molar-refractivity contribution in [1.29, 1.82) is 0 Å². The number of amides is 1. The highest BCUT2D eigenvalue weighted by atomic mass is 16.5. The van der Waals surface area contributed by atoms with Crippen LogP contribution in [0.15, 0.2) is 42.5 Å². The van der Waals surface area contributed by atoms with Gasteiger partial charge in [-0.05, 0) is 36.8 Å². The number of rotatable bonds is 6. The van der Waals surface area contributed by atoms with Crippen molar-refractivity contribution < 1.29 is 19.1 Å². The van der Waals surface area contributed by atoms with Crippen LogP contribution in [-0.2, 0) is 0 Å². The van der Waals surface area contributed by atoms with Gasteiger partial charge in [0, 0.05) is 37.3 Å². The van der Waals surface area contributed by atoms with Gasteiger partial charge in [0.15, 0.2) is 17.3 Å². The summed E-state index contributed by atoms with van der Waals surface area (Å²) in [7, 11) is 3.12. The normalized spacial score (nSPS) is 14.6. The number of carbonyl (C=O) groups excluding carboxylic acids is 2. The summed E-state index contributed by atoms with van der Waals surface area (Å²) in [5.41, 5.74) is 2.33. The van der Waals surface area contributed by atoms with Gasteiger partial charge in [-0.1, -0.05) is 18.2 Å². The summed E-state index contributed by atoms with van der Waals surface area (Å²) in [5, 5.41) is 0. The molecule has 1 fully saturated rings. The molecule has 0 saturated carbocycles. The summed E-state index contributed by atoms with van der Waals surface area (Å²) in [6, 6.07) is 12.8. The third-order valence-corrected chi connectivity index (χ3v) is 5.11. The number of benzene rings is 2. The van der Waals surface area contributed by atoms with Gasteiger partial charge in [0.05, 0.1) is 20.8 Å². The number of Topliss-reactive ketones (excluding diaryl/α,β-unsaturated/α-hetero) is 1. The third kappa shape index (κ3) is 4.34. The van der Waals surface area contributed by atoms with Gasteiger partial charge >= 0.3 is 0 Å². The predicted molar refractivity (Wildman–Crippen MR) is 107 cm³/mol. The molecule has 0 N–H and O–H groups in total. The minimum Gasteiger partial charge on any atom is -0.493 e. The zero-order chi connectivity index (χ0) is 20.1. The predicted octanol–water partition coefficient (Wildman–Crippen LogP) is 2.65. The van der Waals surface area contributed by atoms with Gasteiger partial charge in [0.2, 0.25) is 0 Å². The molecule has 2 aromatic carbocycles. The quantitative estimate of drug-likeness (QED) is 0.719. The van der Waals surface area contributed by atoms with Crippen LogP contribution in [0.2, 0.25) is 0 Å². The summed E-state index contributed by atoms with van der Waals surface area (Å²) < 4.78 is 10.5. The van der Waals surface area contributed by atoms with Crippen molar-refractivity contribution >= 4 is 11.7 Å². The zero-order valence-electron chi connectivity index (χ0n) is 16.6. The molecule has 6 heteroatoms. The number of methoxy groups -OCH3 is 2. The molecule has 1 amide bonds. The Morgan fingerprint density at radius 2 is 1.61 bits per heavy atom. The van der Waals surface area contributed by atoms with E-state index in [1.54, 1.807) is 32.4 Å². The molecule has 1 heterocycles. The lowest BCUT2D eigenvalue weighted by Crippen LogP contribution is -2.50. The lowest BCUT2D eigenvalue weighted by Gasteiger charge is -2.34. The van der Waals surface area contributed by atoms with Crippen LogP contribution in [0.1, 0.15) is 26.3 Å². The zero-order valence-corrected chi connectivity index (χ0v) is 16.6.